The van der Waals surface area contributed by atoms with E-state index in [-0.39, 0.29) is 11.9 Å². The number of carbonyl (C=O) groups excluding carboxylic acids is 1. The predicted molar refractivity (Wildman–Crippen MR) is 120 cm³/mol. The van der Waals surface area contributed by atoms with Gasteiger partial charge in [0.05, 0.1) is 18.7 Å². The molecule has 1 aromatic heterocycles. The van der Waals surface area contributed by atoms with Crippen molar-refractivity contribution in [3.05, 3.63) is 71.0 Å². The Morgan fingerprint density at radius 3 is 2.65 bits per heavy atom. The van der Waals surface area contributed by atoms with E-state index in [9.17, 15) is 4.79 Å². The summed E-state index contributed by atoms with van der Waals surface area (Å²) in [6.07, 6.45) is 6.28. The minimum atomic E-state index is -0.284. The minimum absolute atomic E-state index is 0.256. The molecule has 0 atom stereocenters. The summed E-state index contributed by atoms with van der Waals surface area (Å²) in [6, 6.07) is 10.7. The molecule has 1 N–H and O–H groups in total. The number of ether oxygens (including phenoxy) is 3. The molecule has 0 aliphatic heterocycles. The SMILES string of the molecule is CCOc1cc(/C=C/C(=O)Nc2ccc(Oc3ncccn3)cc2C)cc(Cl)c1OC. The van der Waals surface area contributed by atoms with E-state index in [1.807, 2.05) is 13.8 Å². The van der Waals surface area contributed by atoms with Crippen LogP contribution in [0, 0.1) is 6.92 Å². The van der Waals surface area contributed by atoms with E-state index in [4.69, 9.17) is 25.8 Å². The molecular weight excluding hydrogens is 418 g/mol. The Morgan fingerprint density at radius 1 is 1.19 bits per heavy atom. The van der Waals surface area contributed by atoms with Crippen LogP contribution in [-0.2, 0) is 4.79 Å². The Kier molecular flexibility index (Phi) is 7.45. The third kappa shape index (κ3) is 5.96. The first kappa shape index (κ1) is 22.1. The smallest absolute Gasteiger partial charge is 0.321 e. The van der Waals surface area contributed by atoms with E-state index < -0.39 is 0 Å². The van der Waals surface area contributed by atoms with Gasteiger partial charge in [-0.3, -0.25) is 4.79 Å². The second-order valence-electron chi connectivity index (χ2n) is 6.40. The molecule has 0 aliphatic rings. The summed E-state index contributed by atoms with van der Waals surface area (Å²) in [7, 11) is 1.53. The first-order chi connectivity index (χ1) is 15.0. The van der Waals surface area contributed by atoms with E-state index in [0.717, 1.165) is 5.56 Å². The zero-order chi connectivity index (χ0) is 22.2. The summed E-state index contributed by atoms with van der Waals surface area (Å²) in [5.41, 5.74) is 2.22. The Labute approximate surface area is 185 Å². The van der Waals surface area contributed by atoms with Crippen LogP contribution in [-0.4, -0.2) is 29.6 Å². The van der Waals surface area contributed by atoms with Crippen molar-refractivity contribution in [1.29, 1.82) is 0 Å². The van der Waals surface area contributed by atoms with Gasteiger partial charge in [-0.2, -0.15) is 0 Å². The number of methoxy groups -OCH3 is 1. The molecule has 0 saturated heterocycles. The molecule has 7 nitrogen and oxygen atoms in total. The molecule has 0 unspecified atom stereocenters. The normalized spacial score (nSPS) is 10.7. The van der Waals surface area contributed by atoms with Gasteiger partial charge >= 0.3 is 6.01 Å². The van der Waals surface area contributed by atoms with Gasteiger partial charge < -0.3 is 19.5 Å². The van der Waals surface area contributed by atoms with Crippen LogP contribution in [0.2, 0.25) is 5.02 Å². The summed E-state index contributed by atoms with van der Waals surface area (Å²) < 4.78 is 16.4. The molecule has 3 aromatic rings. The summed E-state index contributed by atoms with van der Waals surface area (Å²) in [6.45, 7) is 4.21. The summed E-state index contributed by atoms with van der Waals surface area (Å²) in [5, 5.41) is 3.25. The predicted octanol–water partition coefficient (Wildman–Crippen LogP) is 5.29. The number of hydrogen-bond donors (Lipinski definition) is 1. The standard InChI is InChI=1S/C23H22ClN3O4/c1-4-30-20-14-16(13-18(24)22(20)29-3)6-9-21(28)27-19-8-7-17(12-15(19)2)31-23-25-10-5-11-26-23/h5-14H,4H2,1-3H3,(H,27,28)/b9-6+. The van der Waals surface area contributed by atoms with Gasteiger partial charge in [-0.15, -0.1) is 0 Å². The van der Waals surface area contributed by atoms with Crippen LogP contribution >= 0.6 is 11.6 Å². The highest BCUT2D eigenvalue weighted by atomic mass is 35.5. The van der Waals surface area contributed by atoms with Crippen molar-refractivity contribution in [2.45, 2.75) is 13.8 Å². The lowest BCUT2D eigenvalue weighted by Gasteiger charge is -2.12. The minimum Gasteiger partial charge on any atom is -0.491 e. The van der Waals surface area contributed by atoms with Crippen molar-refractivity contribution in [2.75, 3.05) is 19.0 Å². The van der Waals surface area contributed by atoms with Gasteiger partial charge in [-0.05, 0) is 67.4 Å². The number of carbonyl (C=O) groups is 1. The van der Waals surface area contributed by atoms with Crippen molar-refractivity contribution < 1.29 is 19.0 Å². The summed E-state index contributed by atoms with van der Waals surface area (Å²) in [5.74, 6) is 1.27. The van der Waals surface area contributed by atoms with Crippen molar-refractivity contribution in [1.82, 2.24) is 9.97 Å². The fourth-order valence-electron chi connectivity index (χ4n) is 2.77. The largest absolute Gasteiger partial charge is 0.491 e. The third-order valence-electron chi connectivity index (χ3n) is 4.17. The van der Waals surface area contributed by atoms with Gasteiger partial charge in [0.2, 0.25) is 5.91 Å². The molecule has 8 heteroatoms. The maximum atomic E-state index is 12.4. The van der Waals surface area contributed by atoms with Gasteiger partial charge in [-0.25, -0.2) is 9.97 Å². The first-order valence-electron chi connectivity index (χ1n) is 9.55. The molecule has 3 rings (SSSR count). The molecule has 0 fully saturated rings. The van der Waals surface area contributed by atoms with E-state index in [0.29, 0.717) is 40.1 Å². The van der Waals surface area contributed by atoms with Crippen molar-refractivity contribution in [3.8, 4) is 23.3 Å². The highest BCUT2D eigenvalue weighted by molar-refractivity contribution is 6.32. The maximum Gasteiger partial charge on any atom is 0.321 e. The molecule has 0 bridgehead atoms. The maximum absolute atomic E-state index is 12.4. The lowest BCUT2D eigenvalue weighted by atomic mass is 10.1. The van der Waals surface area contributed by atoms with Gasteiger partial charge in [0.25, 0.3) is 0 Å². The second-order valence-corrected chi connectivity index (χ2v) is 6.81. The molecule has 1 amide bonds. The number of nitrogens with zero attached hydrogens (tertiary/aromatic N) is 2. The Morgan fingerprint density at radius 2 is 1.97 bits per heavy atom. The van der Waals surface area contributed by atoms with Gasteiger partial charge in [0.15, 0.2) is 11.5 Å². The number of anilines is 1. The quantitative estimate of drug-likeness (QED) is 0.480. The fraction of sp³-hybridized carbons (Fsp3) is 0.174. The lowest BCUT2D eigenvalue weighted by molar-refractivity contribution is -0.111. The van der Waals surface area contributed by atoms with E-state index in [2.05, 4.69) is 15.3 Å². The van der Waals surface area contributed by atoms with Crippen LogP contribution < -0.4 is 19.5 Å². The first-order valence-corrected chi connectivity index (χ1v) is 9.93. The Balaban J connectivity index is 1.68. The van der Waals surface area contributed by atoms with Crippen LogP contribution in [0.3, 0.4) is 0 Å². The van der Waals surface area contributed by atoms with Gasteiger partial charge in [0, 0.05) is 24.2 Å². The number of amides is 1. The molecule has 160 valence electrons. The van der Waals surface area contributed by atoms with Crippen LogP contribution in [0.25, 0.3) is 6.08 Å². The summed E-state index contributed by atoms with van der Waals surface area (Å²) >= 11 is 6.25. The molecular formula is C23H22ClN3O4. The number of nitrogens with one attached hydrogen (secondary N) is 1. The topological polar surface area (TPSA) is 82.6 Å². The monoisotopic (exact) mass is 439 g/mol. The molecule has 1 heterocycles. The Bertz CT molecular complexity index is 1090. The molecule has 2 aromatic carbocycles. The third-order valence-corrected chi connectivity index (χ3v) is 4.45. The number of hydrogen-bond acceptors (Lipinski definition) is 6. The zero-order valence-corrected chi connectivity index (χ0v) is 18.1. The fourth-order valence-corrected chi connectivity index (χ4v) is 3.07. The molecule has 0 aliphatic carbocycles. The number of aromatic nitrogens is 2. The van der Waals surface area contributed by atoms with Crippen molar-refractivity contribution in [3.63, 3.8) is 0 Å². The average molecular weight is 440 g/mol. The van der Waals surface area contributed by atoms with Crippen LogP contribution in [0.1, 0.15) is 18.1 Å². The molecule has 0 spiro atoms. The highest BCUT2D eigenvalue weighted by Crippen LogP contribution is 2.36. The van der Waals surface area contributed by atoms with E-state index >= 15 is 0 Å². The molecule has 0 radical (unpaired) electrons. The van der Waals surface area contributed by atoms with Gasteiger partial charge in [-0.1, -0.05) is 11.6 Å². The lowest BCUT2D eigenvalue weighted by Crippen LogP contribution is -2.09. The van der Waals surface area contributed by atoms with E-state index in [1.54, 1.807) is 54.9 Å². The highest BCUT2D eigenvalue weighted by Gasteiger charge is 2.11. The number of rotatable bonds is 8. The van der Waals surface area contributed by atoms with Crippen molar-refractivity contribution in [2.24, 2.45) is 0 Å². The molecule has 31 heavy (non-hydrogen) atoms. The van der Waals surface area contributed by atoms with E-state index in [1.165, 1.54) is 13.2 Å². The van der Waals surface area contributed by atoms with Gasteiger partial charge in [0.1, 0.15) is 5.75 Å². The second kappa shape index (κ2) is 10.4. The zero-order valence-electron chi connectivity index (χ0n) is 17.4. The van der Waals surface area contributed by atoms with Crippen LogP contribution in [0.4, 0.5) is 5.69 Å². The average Bonchev–Trinajstić information content (AvgIpc) is 2.75. The Hall–Kier alpha value is -3.58. The number of aryl methyl sites for hydroxylation is 1. The summed E-state index contributed by atoms with van der Waals surface area (Å²) in [4.78, 5) is 20.4. The molecule has 0 saturated carbocycles. The number of benzene rings is 2. The van der Waals surface area contributed by atoms with Crippen LogP contribution in [0.15, 0.2) is 54.9 Å². The van der Waals surface area contributed by atoms with Crippen LogP contribution in [0.5, 0.6) is 23.3 Å². The number of halogens is 1. The van der Waals surface area contributed by atoms with Crippen molar-refractivity contribution >= 4 is 29.3 Å².